The van der Waals surface area contributed by atoms with E-state index >= 15 is 0 Å². The number of nitrogens with zero attached hydrogens (tertiary/aromatic N) is 5. The van der Waals surface area contributed by atoms with Crippen molar-refractivity contribution in [3.8, 4) is 17.6 Å². The molecule has 9 heteroatoms. The minimum atomic E-state index is -0.449. The van der Waals surface area contributed by atoms with E-state index < -0.39 is 5.82 Å². The van der Waals surface area contributed by atoms with E-state index in [0.29, 0.717) is 47.6 Å². The van der Waals surface area contributed by atoms with Gasteiger partial charge in [0.2, 0.25) is 5.91 Å². The Kier molecular flexibility index (Phi) is 5.06. The number of likely N-dealkylation sites (tertiary alicyclic amines) is 1. The normalized spacial score (nSPS) is 15.7. The third-order valence-electron chi connectivity index (χ3n) is 4.95. The maximum Gasteiger partial charge on any atom is 0.246 e. The van der Waals surface area contributed by atoms with Gasteiger partial charge in [0.15, 0.2) is 5.65 Å². The molecule has 1 saturated heterocycles. The monoisotopic (exact) mass is 406 g/mol. The number of halogens is 1. The summed E-state index contributed by atoms with van der Waals surface area (Å²) in [6.07, 6.45) is 3.38. The average molecular weight is 406 g/mol. The number of benzene rings is 1. The van der Waals surface area contributed by atoms with E-state index in [1.165, 1.54) is 31.6 Å². The fraction of sp³-hybridized carbons (Fsp3) is 0.238. The lowest BCUT2D eigenvalue weighted by atomic mass is 10.2. The number of carbonyl (C=O) groups excluding carboxylic acids is 1. The number of hydrogen-bond acceptors (Lipinski definition) is 6. The van der Waals surface area contributed by atoms with Crippen LogP contribution < -0.4 is 10.5 Å². The van der Waals surface area contributed by atoms with E-state index in [1.54, 1.807) is 15.6 Å². The van der Waals surface area contributed by atoms with Crippen molar-refractivity contribution in [3.63, 3.8) is 0 Å². The zero-order valence-corrected chi connectivity index (χ0v) is 16.3. The number of anilines is 1. The number of carbonyl (C=O) groups is 1. The van der Waals surface area contributed by atoms with E-state index in [4.69, 9.17) is 10.5 Å². The highest BCUT2D eigenvalue weighted by Crippen LogP contribution is 2.28. The molecular formula is C21H19FN6O2. The maximum atomic E-state index is 13.8. The van der Waals surface area contributed by atoms with Crippen LogP contribution in [-0.2, 0) is 4.79 Å². The van der Waals surface area contributed by atoms with Gasteiger partial charge in [-0.1, -0.05) is 12.5 Å². The molecule has 0 radical (unpaired) electrons. The number of rotatable bonds is 3. The van der Waals surface area contributed by atoms with Gasteiger partial charge in [0, 0.05) is 24.7 Å². The molecule has 2 N–H and O–H groups in total. The number of nitrogen functional groups attached to an aromatic ring is 1. The summed E-state index contributed by atoms with van der Waals surface area (Å²) in [6, 6.07) is 4.14. The molecule has 1 amide bonds. The fourth-order valence-corrected chi connectivity index (χ4v) is 3.49. The predicted octanol–water partition coefficient (Wildman–Crippen LogP) is 1.92. The number of hydrogen-bond donors (Lipinski definition) is 1. The van der Waals surface area contributed by atoms with Gasteiger partial charge in [-0.2, -0.15) is 5.10 Å². The third kappa shape index (κ3) is 3.55. The lowest BCUT2D eigenvalue weighted by Gasteiger charge is -2.14. The Morgan fingerprint density at radius 3 is 2.97 bits per heavy atom. The molecule has 1 unspecified atom stereocenters. The first-order valence-corrected chi connectivity index (χ1v) is 9.26. The second-order valence-corrected chi connectivity index (χ2v) is 6.81. The number of methoxy groups -OCH3 is 1. The van der Waals surface area contributed by atoms with E-state index in [-0.39, 0.29) is 17.8 Å². The number of fused-ring (bicyclic) bond motifs is 1. The molecule has 1 aliphatic heterocycles. The summed E-state index contributed by atoms with van der Waals surface area (Å²) in [5, 5.41) is 5.13. The first-order chi connectivity index (χ1) is 14.5. The Balaban J connectivity index is 1.75. The largest absolute Gasteiger partial charge is 0.497 e. The van der Waals surface area contributed by atoms with Crippen LogP contribution in [0.5, 0.6) is 5.75 Å². The van der Waals surface area contributed by atoms with Crippen LogP contribution in [-0.4, -0.2) is 50.8 Å². The van der Waals surface area contributed by atoms with E-state index in [9.17, 15) is 9.18 Å². The van der Waals surface area contributed by atoms with Crippen LogP contribution in [0.2, 0.25) is 0 Å². The van der Waals surface area contributed by atoms with Crippen molar-refractivity contribution in [3.05, 3.63) is 54.3 Å². The molecule has 3 heterocycles. The molecule has 0 spiro atoms. The van der Waals surface area contributed by atoms with Gasteiger partial charge in [-0.3, -0.25) is 4.79 Å². The zero-order chi connectivity index (χ0) is 21.3. The van der Waals surface area contributed by atoms with E-state index in [0.717, 1.165) is 0 Å². The van der Waals surface area contributed by atoms with Crippen LogP contribution in [0.3, 0.4) is 0 Å². The number of aromatic nitrogens is 4. The van der Waals surface area contributed by atoms with Gasteiger partial charge in [-0.05, 0) is 30.6 Å². The number of ether oxygens (including phenoxy) is 1. The summed E-state index contributed by atoms with van der Waals surface area (Å²) in [5.74, 6) is 5.91. The summed E-state index contributed by atoms with van der Waals surface area (Å²) in [5.41, 5.74) is 7.45. The van der Waals surface area contributed by atoms with Gasteiger partial charge in [0.05, 0.1) is 18.5 Å². The average Bonchev–Trinajstić information content (AvgIpc) is 3.37. The van der Waals surface area contributed by atoms with Crippen molar-refractivity contribution in [1.82, 2.24) is 24.6 Å². The van der Waals surface area contributed by atoms with Crippen molar-refractivity contribution in [1.29, 1.82) is 0 Å². The maximum absolute atomic E-state index is 13.8. The Hall–Kier alpha value is -3.93. The van der Waals surface area contributed by atoms with Crippen LogP contribution in [0.1, 0.15) is 23.7 Å². The molecule has 30 heavy (non-hydrogen) atoms. The van der Waals surface area contributed by atoms with E-state index in [2.05, 4.69) is 33.5 Å². The standard InChI is InChI=1S/C21H19FN6O2/c1-3-18(29)27-7-6-15(11-27)28-21-19(20(23)24-12-25-21)17(26-28)5-4-13-8-14(22)10-16(9-13)30-2/h3,8-10,12,15H,1,6-7,11H2,2H3,(H2,23,24,25). The fourth-order valence-electron chi connectivity index (χ4n) is 3.49. The van der Waals surface area contributed by atoms with Gasteiger partial charge in [-0.15, -0.1) is 0 Å². The molecule has 1 fully saturated rings. The van der Waals surface area contributed by atoms with Crippen molar-refractivity contribution in [2.75, 3.05) is 25.9 Å². The Morgan fingerprint density at radius 1 is 1.37 bits per heavy atom. The molecular weight excluding hydrogens is 387 g/mol. The molecule has 4 rings (SSSR count). The van der Waals surface area contributed by atoms with E-state index in [1.807, 2.05) is 0 Å². The van der Waals surface area contributed by atoms with Crippen molar-refractivity contribution < 1.29 is 13.9 Å². The first-order valence-electron chi connectivity index (χ1n) is 9.26. The lowest BCUT2D eigenvalue weighted by Crippen LogP contribution is -2.27. The van der Waals surface area contributed by atoms with Crippen LogP contribution in [0.4, 0.5) is 10.2 Å². The molecule has 3 aromatic rings. The molecule has 152 valence electrons. The van der Waals surface area contributed by atoms with Crippen LogP contribution >= 0.6 is 0 Å². The van der Waals surface area contributed by atoms with Gasteiger partial charge in [0.1, 0.15) is 29.4 Å². The summed E-state index contributed by atoms with van der Waals surface area (Å²) in [4.78, 5) is 22.0. The quantitative estimate of drug-likeness (QED) is 0.527. The van der Waals surface area contributed by atoms with Gasteiger partial charge in [-0.25, -0.2) is 19.0 Å². The molecule has 8 nitrogen and oxygen atoms in total. The molecule has 0 aliphatic carbocycles. The SMILES string of the molecule is C=CC(=O)N1CCC(n2nc(C#Cc3cc(F)cc(OC)c3)c3c(N)ncnc32)C1. The van der Waals surface area contributed by atoms with Crippen LogP contribution in [0, 0.1) is 17.7 Å². The van der Waals surface area contributed by atoms with Crippen molar-refractivity contribution in [2.24, 2.45) is 0 Å². The smallest absolute Gasteiger partial charge is 0.246 e. The summed E-state index contributed by atoms with van der Waals surface area (Å²) < 4.78 is 20.6. The molecule has 0 bridgehead atoms. The second-order valence-electron chi connectivity index (χ2n) is 6.81. The lowest BCUT2D eigenvalue weighted by molar-refractivity contribution is -0.125. The molecule has 2 aromatic heterocycles. The minimum Gasteiger partial charge on any atom is -0.497 e. The van der Waals surface area contributed by atoms with Crippen LogP contribution in [0.15, 0.2) is 37.2 Å². The third-order valence-corrected chi connectivity index (χ3v) is 4.95. The highest BCUT2D eigenvalue weighted by Gasteiger charge is 2.29. The van der Waals surface area contributed by atoms with Crippen molar-refractivity contribution in [2.45, 2.75) is 12.5 Å². The predicted molar refractivity (Wildman–Crippen MR) is 109 cm³/mol. The highest BCUT2D eigenvalue weighted by molar-refractivity contribution is 5.91. The second kappa shape index (κ2) is 7.83. The van der Waals surface area contributed by atoms with Gasteiger partial charge in [0.25, 0.3) is 0 Å². The van der Waals surface area contributed by atoms with Gasteiger partial charge < -0.3 is 15.4 Å². The molecule has 1 aliphatic rings. The minimum absolute atomic E-state index is 0.0736. The Labute approximate surface area is 172 Å². The number of nitrogens with two attached hydrogens (primary N) is 1. The molecule has 1 aromatic carbocycles. The van der Waals surface area contributed by atoms with Gasteiger partial charge >= 0.3 is 0 Å². The summed E-state index contributed by atoms with van der Waals surface area (Å²) in [7, 11) is 1.46. The highest BCUT2D eigenvalue weighted by atomic mass is 19.1. The topological polar surface area (TPSA) is 99.2 Å². The Morgan fingerprint density at radius 2 is 2.20 bits per heavy atom. The number of amides is 1. The van der Waals surface area contributed by atoms with Crippen molar-refractivity contribution >= 4 is 22.8 Å². The molecule has 0 saturated carbocycles. The zero-order valence-electron chi connectivity index (χ0n) is 16.3. The summed E-state index contributed by atoms with van der Waals surface area (Å²) >= 11 is 0. The Bertz CT molecular complexity index is 1210. The summed E-state index contributed by atoms with van der Waals surface area (Å²) in [6.45, 7) is 4.62. The molecule has 1 atom stereocenters. The first kappa shape index (κ1) is 19.4. The van der Waals surface area contributed by atoms with Crippen LogP contribution in [0.25, 0.3) is 11.0 Å².